The van der Waals surface area contributed by atoms with E-state index in [1.807, 2.05) is 24.3 Å². The number of primary amides is 1. The minimum atomic E-state index is -0.729. The summed E-state index contributed by atoms with van der Waals surface area (Å²) in [6, 6.07) is 9.28. The summed E-state index contributed by atoms with van der Waals surface area (Å²) in [5, 5.41) is 10.7. The highest BCUT2D eigenvalue weighted by Crippen LogP contribution is 2.31. The van der Waals surface area contributed by atoms with Gasteiger partial charge in [-0.05, 0) is 68.6 Å². The molecule has 4 heterocycles. The van der Waals surface area contributed by atoms with Crippen molar-refractivity contribution in [3.05, 3.63) is 58.3 Å². The van der Waals surface area contributed by atoms with E-state index in [0.29, 0.717) is 58.9 Å². The van der Waals surface area contributed by atoms with Gasteiger partial charge >= 0.3 is 6.09 Å². The number of rotatable bonds is 10. The second-order valence-electron chi connectivity index (χ2n) is 11.2. The number of piperazine rings is 1. The molecule has 0 bridgehead atoms. The number of β-amino-alcohol motifs (C(OH)–C–C–N with tert-alkyl or cyclic N) is 1. The first-order valence-corrected chi connectivity index (χ1v) is 15.2. The number of carbonyl (C=O) groups is 1. The van der Waals surface area contributed by atoms with Crippen molar-refractivity contribution >= 4 is 35.2 Å². The molecule has 1 amide bonds. The molecular formula is C30H37Cl2N7O4. The van der Waals surface area contributed by atoms with Gasteiger partial charge in [-0.15, -0.1) is 0 Å². The van der Waals surface area contributed by atoms with Gasteiger partial charge in [0, 0.05) is 60.9 Å². The van der Waals surface area contributed by atoms with Crippen LogP contribution in [-0.2, 0) is 11.3 Å². The molecule has 1 atom stereocenters. The minimum absolute atomic E-state index is 0.306. The molecule has 13 heteroatoms. The van der Waals surface area contributed by atoms with Gasteiger partial charge in [-0.3, -0.25) is 9.80 Å². The van der Waals surface area contributed by atoms with Gasteiger partial charge in [-0.1, -0.05) is 23.2 Å². The summed E-state index contributed by atoms with van der Waals surface area (Å²) in [6.07, 6.45) is 4.08. The Bertz CT molecular complexity index is 1360. The number of hydrogen-bond donors (Lipinski definition) is 2. The average Bonchev–Trinajstić information content (AvgIpc) is 2.97. The molecule has 0 radical (unpaired) electrons. The van der Waals surface area contributed by atoms with Crippen molar-refractivity contribution in [2.45, 2.75) is 32.4 Å². The number of likely N-dealkylation sites (tertiary alicyclic amines) is 1. The highest BCUT2D eigenvalue weighted by Gasteiger charge is 2.22. The SMILES string of the molecule is CC(O)CN1CCN(c2ncc(Oc3cc(CN4CCC(COC(N)=O)CC4)cc(-c4cc(Cl)cc(Cl)c4)n3)cn2)CC1. The van der Waals surface area contributed by atoms with Gasteiger partial charge in [0.2, 0.25) is 11.8 Å². The molecule has 1 unspecified atom stereocenters. The van der Waals surface area contributed by atoms with Crippen molar-refractivity contribution in [3.8, 4) is 22.9 Å². The van der Waals surface area contributed by atoms with E-state index in [1.165, 1.54) is 0 Å². The molecule has 2 aliphatic heterocycles. The van der Waals surface area contributed by atoms with Crippen molar-refractivity contribution in [2.24, 2.45) is 11.7 Å². The summed E-state index contributed by atoms with van der Waals surface area (Å²) in [5.41, 5.74) is 7.62. The number of benzene rings is 1. The maximum absolute atomic E-state index is 11.0. The summed E-state index contributed by atoms with van der Waals surface area (Å²) >= 11 is 12.6. The highest BCUT2D eigenvalue weighted by molar-refractivity contribution is 6.35. The second kappa shape index (κ2) is 14.5. The number of amides is 1. The number of anilines is 1. The quantitative estimate of drug-likeness (QED) is 0.332. The van der Waals surface area contributed by atoms with E-state index in [0.717, 1.165) is 63.2 Å². The van der Waals surface area contributed by atoms with Crippen molar-refractivity contribution in [2.75, 3.05) is 57.3 Å². The molecule has 11 nitrogen and oxygen atoms in total. The van der Waals surface area contributed by atoms with Crippen LogP contribution in [0.3, 0.4) is 0 Å². The monoisotopic (exact) mass is 629 g/mol. The third-order valence-corrected chi connectivity index (χ3v) is 8.05. The van der Waals surface area contributed by atoms with Gasteiger partial charge < -0.3 is 25.2 Å². The average molecular weight is 631 g/mol. The van der Waals surface area contributed by atoms with Gasteiger partial charge in [0.25, 0.3) is 0 Å². The van der Waals surface area contributed by atoms with Gasteiger partial charge in [-0.25, -0.2) is 19.7 Å². The lowest BCUT2D eigenvalue weighted by Crippen LogP contribution is -2.48. The number of nitrogens with two attached hydrogens (primary N) is 1. The number of aliphatic hydroxyl groups is 1. The number of halogens is 2. The lowest BCUT2D eigenvalue weighted by Gasteiger charge is -2.35. The largest absolute Gasteiger partial charge is 0.449 e. The summed E-state index contributed by atoms with van der Waals surface area (Å²) < 4.78 is 11.2. The molecule has 0 saturated carbocycles. The smallest absolute Gasteiger partial charge is 0.404 e. The molecule has 3 N–H and O–H groups in total. The number of pyridine rings is 1. The van der Waals surface area contributed by atoms with Gasteiger partial charge in [0.15, 0.2) is 5.75 Å². The van der Waals surface area contributed by atoms with Crippen molar-refractivity contribution < 1.29 is 19.4 Å². The van der Waals surface area contributed by atoms with Crippen LogP contribution in [-0.4, -0.2) is 94.5 Å². The van der Waals surface area contributed by atoms with Crippen LogP contribution in [0.1, 0.15) is 25.3 Å². The Morgan fingerprint density at radius 3 is 2.30 bits per heavy atom. The summed E-state index contributed by atoms with van der Waals surface area (Å²) in [4.78, 5) is 31.6. The van der Waals surface area contributed by atoms with E-state index in [4.69, 9.17) is 43.4 Å². The Labute approximate surface area is 261 Å². The van der Waals surface area contributed by atoms with E-state index in [-0.39, 0.29) is 6.10 Å². The Kier molecular flexibility index (Phi) is 10.5. The summed E-state index contributed by atoms with van der Waals surface area (Å²) in [5.74, 6) is 1.84. The fourth-order valence-electron chi connectivity index (χ4n) is 5.47. The second-order valence-corrected chi connectivity index (χ2v) is 12.0. The Balaban J connectivity index is 1.29. The third-order valence-electron chi connectivity index (χ3n) is 7.61. The Hall–Kier alpha value is -3.22. The molecular weight excluding hydrogens is 593 g/mol. The number of nitrogens with zero attached hydrogens (tertiary/aromatic N) is 6. The zero-order chi connectivity index (χ0) is 30.3. The lowest BCUT2D eigenvalue weighted by molar-refractivity contribution is 0.1000. The zero-order valence-corrected chi connectivity index (χ0v) is 25.7. The first-order chi connectivity index (χ1) is 20.7. The lowest BCUT2D eigenvalue weighted by atomic mass is 9.97. The molecule has 2 saturated heterocycles. The van der Waals surface area contributed by atoms with Crippen LogP contribution in [0.25, 0.3) is 11.3 Å². The van der Waals surface area contributed by atoms with Crippen LogP contribution >= 0.6 is 23.2 Å². The maximum atomic E-state index is 11.0. The third kappa shape index (κ3) is 9.14. The van der Waals surface area contributed by atoms with Crippen LogP contribution in [0.15, 0.2) is 42.7 Å². The van der Waals surface area contributed by atoms with Crippen molar-refractivity contribution in [1.82, 2.24) is 24.8 Å². The summed E-state index contributed by atoms with van der Waals surface area (Å²) in [7, 11) is 0. The van der Waals surface area contributed by atoms with Crippen molar-refractivity contribution in [3.63, 3.8) is 0 Å². The fraction of sp³-hybridized carbons (Fsp3) is 0.467. The van der Waals surface area contributed by atoms with Gasteiger partial charge in [0.1, 0.15) is 0 Å². The van der Waals surface area contributed by atoms with Gasteiger partial charge in [-0.2, -0.15) is 0 Å². The predicted octanol–water partition coefficient (Wildman–Crippen LogP) is 4.45. The topological polar surface area (TPSA) is 130 Å². The number of ether oxygens (including phenoxy) is 2. The maximum Gasteiger partial charge on any atom is 0.404 e. The zero-order valence-electron chi connectivity index (χ0n) is 24.2. The predicted molar refractivity (Wildman–Crippen MR) is 166 cm³/mol. The molecule has 43 heavy (non-hydrogen) atoms. The van der Waals surface area contributed by atoms with Crippen LogP contribution in [0, 0.1) is 5.92 Å². The number of carbonyl (C=O) groups excluding carboxylic acids is 1. The number of hydrogen-bond acceptors (Lipinski definition) is 10. The molecule has 2 aliphatic rings. The first-order valence-electron chi connectivity index (χ1n) is 14.5. The molecule has 1 aromatic carbocycles. The first kappa shape index (κ1) is 31.2. The minimum Gasteiger partial charge on any atom is -0.449 e. The van der Waals surface area contributed by atoms with Crippen molar-refractivity contribution in [1.29, 1.82) is 0 Å². The van der Waals surface area contributed by atoms with Gasteiger partial charge in [0.05, 0.1) is 30.8 Å². The molecule has 0 aliphatic carbocycles. The number of aromatic nitrogens is 3. The van der Waals surface area contributed by atoms with E-state index >= 15 is 0 Å². The summed E-state index contributed by atoms with van der Waals surface area (Å²) in [6.45, 7) is 8.53. The van der Waals surface area contributed by atoms with E-state index in [1.54, 1.807) is 25.4 Å². The van der Waals surface area contributed by atoms with Crippen LogP contribution < -0.4 is 15.4 Å². The van der Waals surface area contributed by atoms with Crippen LogP contribution in [0.4, 0.5) is 10.7 Å². The Morgan fingerprint density at radius 1 is 1.00 bits per heavy atom. The van der Waals surface area contributed by atoms with E-state index in [9.17, 15) is 9.90 Å². The molecule has 2 aromatic heterocycles. The molecule has 2 fully saturated rings. The Morgan fingerprint density at radius 2 is 1.67 bits per heavy atom. The van der Waals surface area contributed by atoms with E-state index < -0.39 is 6.09 Å². The normalized spacial score (nSPS) is 17.5. The van der Waals surface area contributed by atoms with E-state index in [2.05, 4.69) is 24.7 Å². The fourth-order valence-corrected chi connectivity index (χ4v) is 6.00. The molecule has 3 aromatic rings. The molecule has 0 spiro atoms. The van der Waals surface area contributed by atoms with Crippen LogP contribution in [0.5, 0.6) is 11.6 Å². The number of aliphatic hydroxyl groups excluding tert-OH is 1. The number of piperidine rings is 1. The highest BCUT2D eigenvalue weighted by atomic mass is 35.5. The van der Waals surface area contributed by atoms with Crippen LogP contribution in [0.2, 0.25) is 10.0 Å². The molecule has 230 valence electrons. The standard InChI is InChI=1S/C30H37Cl2N7O4/c1-20(40)17-38-6-8-39(9-7-38)30-34-15-26(16-35-30)43-28-11-22(10-27(36-28)23-12-24(31)14-25(32)13-23)18-37-4-2-21(3-5-37)19-42-29(33)41/h10-16,20-21,40H,2-9,17-19H2,1H3,(H2,33,41). The molecule has 5 rings (SSSR count).